The number of thiol groups is 1. The minimum absolute atomic E-state index is 0.196. The number of Topliss-reactive ketones (excluding diaryl/α,β-unsaturated/α-hetero) is 1. The molecule has 0 unspecified atom stereocenters. The smallest absolute Gasteiger partial charge is 0.294 e. The van der Waals surface area contributed by atoms with E-state index in [0.717, 1.165) is 12.1 Å². The van der Waals surface area contributed by atoms with Gasteiger partial charge in [0, 0.05) is 12.0 Å². The Hall–Kier alpha value is -0.970. The summed E-state index contributed by atoms with van der Waals surface area (Å²) in [5.41, 5.74) is -0.457. The van der Waals surface area contributed by atoms with Gasteiger partial charge in [0.2, 0.25) is 0 Å². The number of hydrogen-bond acceptors (Lipinski definition) is 2. The first-order chi connectivity index (χ1) is 6.95. The second-order valence-electron chi connectivity index (χ2n) is 2.97. The molecule has 0 atom stereocenters. The SMILES string of the molecule is O=C(CCS)c1ccc(C(F)(F)F)cc1. The Morgan fingerprint density at radius 1 is 1.20 bits per heavy atom. The van der Waals surface area contributed by atoms with Crippen molar-refractivity contribution in [3.63, 3.8) is 0 Å². The van der Waals surface area contributed by atoms with Crippen molar-refractivity contribution in [1.29, 1.82) is 0 Å². The number of hydrogen-bond donors (Lipinski definition) is 1. The van der Waals surface area contributed by atoms with Crippen molar-refractivity contribution in [3.8, 4) is 0 Å². The molecule has 1 aromatic rings. The van der Waals surface area contributed by atoms with Crippen molar-refractivity contribution in [2.45, 2.75) is 12.6 Å². The fourth-order valence-electron chi connectivity index (χ4n) is 1.09. The highest BCUT2D eigenvalue weighted by molar-refractivity contribution is 7.80. The average molecular weight is 234 g/mol. The summed E-state index contributed by atoms with van der Waals surface area (Å²) in [4.78, 5) is 11.3. The van der Waals surface area contributed by atoms with Crippen LogP contribution in [0.4, 0.5) is 13.2 Å². The highest BCUT2D eigenvalue weighted by Gasteiger charge is 2.30. The van der Waals surface area contributed by atoms with Gasteiger partial charge in [-0.25, -0.2) is 0 Å². The van der Waals surface area contributed by atoms with Crippen LogP contribution in [0.1, 0.15) is 22.3 Å². The number of rotatable bonds is 3. The maximum absolute atomic E-state index is 12.2. The third-order valence-electron chi connectivity index (χ3n) is 1.87. The van der Waals surface area contributed by atoms with Gasteiger partial charge < -0.3 is 0 Å². The summed E-state index contributed by atoms with van der Waals surface area (Å²) in [5.74, 6) is 0.193. The molecule has 0 saturated carbocycles. The fraction of sp³-hybridized carbons (Fsp3) is 0.300. The first kappa shape index (κ1) is 12.1. The van der Waals surface area contributed by atoms with Crippen LogP contribution in [0, 0.1) is 0 Å². The average Bonchev–Trinajstić information content (AvgIpc) is 2.17. The van der Waals surface area contributed by atoms with Gasteiger partial charge in [-0.3, -0.25) is 4.79 Å². The van der Waals surface area contributed by atoms with Gasteiger partial charge in [0.15, 0.2) is 5.78 Å². The summed E-state index contributed by atoms with van der Waals surface area (Å²) in [6, 6.07) is 4.20. The molecule has 0 amide bonds. The molecule has 5 heteroatoms. The van der Waals surface area contributed by atoms with E-state index in [4.69, 9.17) is 0 Å². The van der Waals surface area contributed by atoms with Crippen molar-refractivity contribution >= 4 is 18.4 Å². The van der Waals surface area contributed by atoms with Crippen molar-refractivity contribution in [2.24, 2.45) is 0 Å². The molecule has 15 heavy (non-hydrogen) atoms. The van der Waals surface area contributed by atoms with Crippen LogP contribution in [-0.4, -0.2) is 11.5 Å². The van der Waals surface area contributed by atoms with Gasteiger partial charge in [0.05, 0.1) is 5.56 Å². The van der Waals surface area contributed by atoms with E-state index < -0.39 is 11.7 Å². The minimum Gasteiger partial charge on any atom is -0.294 e. The molecule has 1 rings (SSSR count). The number of carbonyl (C=O) groups excluding carboxylic acids is 1. The van der Waals surface area contributed by atoms with Gasteiger partial charge in [-0.1, -0.05) is 12.1 Å². The maximum atomic E-state index is 12.2. The monoisotopic (exact) mass is 234 g/mol. The highest BCUT2D eigenvalue weighted by atomic mass is 32.1. The summed E-state index contributed by atoms with van der Waals surface area (Å²) >= 11 is 3.88. The first-order valence-corrected chi connectivity index (χ1v) is 4.89. The van der Waals surface area contributed by atoms with E-state index in [1.165, 1.54) is 12.1 Å². The standard InChI is InChI=1S/C10H9F3OS/c11-10(12,13)8-3-1-7(2-4-8)9(14)5-6-15/h1-4,15H,5-6H2. The highest BCUT2D eigenvalue weighted by Crippen LogP contribution is 2.29. The summed E-state index contributed by atoms with van der Waals surface area (Å²) in [7, 11) is 0. The van der Waals surface area contributed by atoms with E-state index in [1.807, 2.05) is 0 Å². The third-order valence-corrected chi connectivity index (χ3v) is 2.10. The lowest BCUT2D eigenvalue weighted by atomic mass is 10.1. The Bertz CT molecular complexity index is 343. The molecule has 0 aromatic heterocycles. The second-order valence-corrected chi connectivity index (χ2v) is 3.42. The molecule has 0 heterocycles. The Labute approximate surface area is 90.7 Å². The molecule has 1 nitrogen and oxygen atoms in total. The molecule has 0 spiro atoms. The van der Waals surface area contributed by atoms with Gasteiger partial charge in [0.1, 0.15) is 0 Å². The molecule has 0 N–H and O–H groups in total. The molecular weight excluding hydrogens is 225 g/mol. The first-order valence-electron chi connectivity index (χ1n) is 4.26. The Morgan fingerprint density at radius 2 is 1.73 bits per heavy atom. The van der Waals surface area contributed by atoms with E-state index in [-0.39, 0.29) is 17.8 Å². The topological polar surface area (TPSA) is 17.1 Å². The van der Waals surface area contributed by atoms with E-state index in [9.17, 15) is 18.0 Å². The summed E-state index contributed by atoms with van der Waals surface area (Å²) in [6.07, 6.45) is -4.13. The van der Waals surface area contributed by atoms with Crippen LogP contribution in [0.25, 0.3) is 0 Å². The summed E-state index contributed by atoms with van der Waals surface area (Å²) < 4.78 is 36.5. The van der Waals surface area contributed by atoms with Gasteiger partial charge >= 0.3 is 6.18 Å². The molecule has 82 valence electrons. The lowest BCUT2D eigenvalue weighted by Gasteiger charge is -2.06. The predicted octanol–water partition coefficient (Wildman–Crippen LogP) is 3.21. The molecule has 0 bridgehead atoms. The van der Waals surface area contributed by atoms with Crippen LogP contribution in [-0.2, 0) is 6.18 Å². The van der Waals surface area contributed by atoms with Crippen LogP contribution in [0.2, 0.25) is 0 Å². The molecule has 0 aliphatic rings. The zero-order chi connectivity index (χ0) is 11.5. The van der Waals surface area contributed by atoms with E-state index in [2.05, 4.69) is 12.6 Å². The summed E-state index contributed by atoms with van der Waals surface area (Å²) in [5, 5.41) is 0. The van der Waals surface area contributed by atoms with Gasteiger partial charge in [-0.05, 0) is 17.9 Å². The van der Waals surface area contributed by atoms with Gasteiger partial charge in [0.25, 0.3) is 0 Å². The van der Waals surface area contributed by atoms with Gasteiger partial charge in [-0.15, -0.1) is 0 Å². The Kier molecular flexibility index (Phi) is 3.79. The maximum Gasteiger partial charge on any atom is 0.416 e. The lowest BCUT2D eigenvalue weighted by Crippen LogP contribution is -2.06. The molecule has 1 aromatic carbocycles. The predicted molar refractivity (Wildman–Crippen MR) is 54.2 cm³/mol. The van der Waals surface area contributed by atoms with Crippen LogP contribution < -0.4 is 0 Å². The summed E-state index contributed by atoms with van der Waals surface area (Å²) in [6.45, 7) is 0. The van der Waals surface area contributed by atoms with E-state index >= 15 is 0 Å². The van der Waals surface area contributed by atoms with Crippen molar-refractivity contribution in [3.05, 3.63) is 35.4 Å². The number of alkyl halides is 3. The van der Waals surface area contributed by atoms with Crippen LogP contribution in [0.3, 0.4) is 0 Å². The Morgan fingerprint density at radius 3 is 2.13 bits per heavy atom. The van der Waals surface area contributed by atoms with Crippen molar-refractivity contribution in [2.75, 3.05) is 5.75 Å². The molecule has 0 fully saturated rings. The Balaban J connectivity index is 2.86. The molecule has 0 saturated heterocycles. The van der Waals surface area contributed by atoms with Crippen LogP contribution >= 0.6 is 12.6 Å². The molecular formula is C10H9F3OS. The zero-order valence-electron chi connectivity index (χ0n) is 7.71. The lowest BCUT2D eigenvalue weighted by molar-refractivity contribution is -0.137. The van der Waals surface area contributed by atoms with Crippen LogP contribution in [0.5, 0.6) is 0 Å². The fourth-order valence-corrected chi connectivity index (χ4v) is 1.29. The number of carbonyl (C=O) groups is 1. The zero-order valence-corrected chi connectivity index (χ0v) is 8.61. The van der Waals surface area contributed by atoms with Crippen LogP contribution in [0.15, 0.2) is 24.3 Å². The normalized spacial score (nSPS) is 11.5. The largest absolute Gasteiger partial charge is 0.416 e. The van der Waals surface area contributed by atoms with Gasteiger partial charge in [-0.2, -0.15) is 25.8 Å². The number of ketones is 1. The number of benzene rings is 1. The molecule has 0 aliphatic carbocycles. The molecule has 0 aliphatic heterocycles. The third kappa shape index (κ3) is 3.27. The number of halogens is 3. The van der Waals surface area contributed by atoms with Crippen molar-refractivity contribution < 1.29 is 18.0 Å². The van der Waals surface area contributed by atoms with E-state index in [1.54, 1.807) is 0 Å². The van der Waals surface area contributed by atoms with Crippen molar-refractivity contribution in [1.82, 2.24) is 0 Å². The second kappa shape index (κ2) is 4.70. The van der Waals surface area contributed by atoms with E-state index in [0.29, 0.717) is 5.75 Å². The molecule has 0 radical (unpaired) electrons. The minimum atomic E-state index is -4.36. The quantitative estimate of drug-likeness (QED) is 0.627.